The van der Waals surface area contributed by atoms with Gasteiger partial charge in [-0.3, -0.25) is 4.79 Å². The number of esters is 1. The van der Waals surface area contributed by atoms with Crippen molar-refractivity contribution >= 4 is 5.97 Å². The molecule has 0 aromatic carbocycles. The minimum absolute atomic E-state index is 0.0912. The first-order chi connectivity index (χ1) is 7.06. The van der Waals surface area contributed by atoms with Crippen LogP contribution in [-0.2, 0) is 9.53 Å². The molecule has 2 heteroatoms. The van der Waals surface area contributed by atoms with E-state index in [1.165, 1.54) is 19.1 Å². The zero-order valence-electron chi connectivity index (χ0n) is 10.5. The fourth-order valence-corrected chi connectivity index (χ4v) is 1.50. The van der Waals surface area contributed by atoms with Crippen LogP contribution in [0.1, 0.15) is 52.9 Å². The third-order valence-electron chi connectivity index (χ3n) is 2.52. The maximum absolute atomic E-state index is 10.9. The smallest absolute Gasteiger partial charge is 0.305 e. The number of hydrogen-bond acceptors (Lipinski definition) is 2. The Morgan fingerprint density at radius 1 is 1.33 bits per heavy atom. The number of methoxy groups -OCH3 is 1. The largest absolute Gasteiger partial charge is 0.469 e. The highest BCUT2D eigenvalue weighted by atomic mass is 16.5. The highest BCUT2D eigenvalue weighted by Crippen LogP contribution is 2.15. The Morgan fingerprint density at radius 2 is 2.00 bits per heavy atom. The zero-order valence-corrected chi connectivity index (χ0v) is 10.5. The van der Waals surface area contributed by atoms with Crippen molar-refractivity contribution in [3.63, 3.8) is 0 Å². The summed E-state index contributed by atoms with van der Waals surface area (Å²) in [4.78, 5) is 10.9. The summed E-state index contributed by atoms with van der Waals surface area (Å²) in [6, 6.07) is 0. The average Bonchev–Trinajstić information content (AvgIpc) is 2.17. The van der Waals surface area contributed by atoms with Crippen LogP contribution in [0.25, 0.3) is 0 Å². The van der Waals surface area contributed by atoms with Crippen molar-refractivity contribution in [2.75, 3.05) is 7.11 Å². The third-order valence-corrected chi connectivity index (χ3v) is 2.52. The van der Waals surface area contributed by atoms with Gasteiger partial charge in [-0.1, -0.05) is 25.0 Å². The Hall–Kier alpha value is -0.790. The lowest BCUT2D eigenvalue weighted by molar-refractivity contribution is -0.140. The van der Waals surface area contributed by atoms with E-state index in [4.69, 9.17) is 0 Å². The van der Waals surface area contributed by atoms with E-state index >= 15 is 0 Å². The first-order valence-electron chi connectivity index (χ1n) is 5.76. The molecule has 0 aliphatic carbocycles. The molecule has 0 bridgehead atoms. The van der Waals surface area contributed by atoms with Crippen LogP contribution < -0.4 is 0 Å². The molecule has 1 atom stereocenters. The van der Waals surface area contributed by atoms with Crippen LogP contribution >= 0.6 is 0 Å². The summed E-state index contributed by atoms with van der Waals surface area (Å²) in [6.45, 7) is 6.50. The highest BCUT2D eigenvalue weighted by molar-refractivity contribution is 5.68. The molecule has 0 rings (SSSR count). The van der Waals surface area contributed by atoms with Crippen molar-refractivity contribution in [1.82, 2.24) is 0 Å². The lowest BCUT2D eigenvalue weighted by Crippen LogP contribution is -2.01. The van der Waals surface area contributed by atoms with Gasteiger partial charge in [-0.05, 0) is 39.0 Å². The molecule has 15 heavy (non-hydrogen) atoms. The summed E-state index contributed by atoms with van der Waals surface area (Å²) in [7, 11) is 1.45. The molecule has 0 fully saturated rings. The Morgan fingerprint density at radius 3 is 2.53 bits per heavy atom. The van der Waals surface area contributed by atoms with E-state index in [1.807, 2.05) is 0 Å². The van der Waals surface area contributed by atoms with E-state index in [1.54, 1.807) is 0 Å². The topological polar surface area (TPSA) is 26.3 Å². The molecule has 0 aliphatic heterocycles. The van der Waals surface area contributed by atoms with Crippen LogP contribution in [0.2, 0.25) is 0 Å². The lowest BCUT2D eigenvalue weighted by Gasteiger charge is -2.09. The van der Waals surface area contributed by atoms with Gasteiger partial charge in [-0.25, -0.2) is 0 Å². The number of allylic oxidation sites excluding steroid dienone is 2. The monoisotopic (exact) mass is 212 g/mol. The second-order valence-electron chi connectivity index (χ2n) is 4.43. The Kier molecular flexibility index (Phi) is 8.06. The SMILES string of the molecule is COC(=O)CCCC(C)CCC=C(C)C. The van der Waals surface area contributed by atoms with E-state index < -0.39 is 0 Å². The van der Waals surface area contributed by atoms with Crippen LogP contribution in [0.5, 0.6) is 0 Å². The second kappa shape index (κ2) is 8.51. The molecule has 0 spiro atoms. The van der Waals surface area contributed by atoms with Crippen molar-refractivity contribution in [3.05, 3.63) is 11.6 Å². The maximum atomic E-state index is 10.9. The third kappa shape index (κ3) is 9.51. The number of ether oxygens (including phenoxy) is 1. The first-order valence-corrected chi connectivity index (χ1v) is 5.76. The van der Waals surface area contributed by atoms with Crippen LogP contribution in [0.3, 0.4) is 0 Å². The predicted octanol–water partition coefficient (Wildman–Crippen LogP) is 3.71. The highest BCUT2D eigenvalue weighted by Gasteiger charge is 2.04. The van der Waals surface area contributed by atoms with Crippen molar-refractivity contribution in [3.8, 4) is 0 Å². The molecular formula is C13H24O2. The molecule has 0 aliphatic rings. The van der Waals surface area contributed by atoms with E-state index in [-0.39, 0.29) is 5.97 Å². The van der Waals surface area contributed by atoms with Gasteiger partial charge in [0, 0.05) is 6.42 Å². The molecule has 0 heterocycles. The fraction of sp³-hybridized carbons (Fsp3) is 0.769. The molecule has 0 amide bonds. The molecule has 1 unspecified atom stereocenters. The van der Waals surface area contributed by atoms with E-state index in [2.05, 4.69) is 31.6 Å². The summed E-state index contributed by atoms with van der Waals surface area (Å²) in [6.07, 6.45) is 7.27. The average molecular weight is 212 g/mol. The van der Waals surface area contributed by atoms with E-state index in [9.17, 15) is 4.79 Å². The van der Waals surface area contributed by atoms with Crippen LogP contribution in [0, 0.1) is 5.92 Å². The van der Waals surface area contributed by atoms with Gasteiger partial charge in [0.2, 0.25) is 0 Å². The van der Waals surface area contributed by atoms with E-state index in [0.717, 1.165) is 19.3 Å². The molecule has 0 aromatic heterocycles. The zero-order chi connectivity index (χ0) is 11.7. The van der Waals surface area contributed by atoms with Crippen molar-refractivity contribution in [2.24, 2.45) is 5.92 Å². The standard InChI is InChI=1S/C13H24O2/c1-11(2)7-5-8-12(3)9-6-10-13(14)15-4/h7,12H,5-6,8-10H2,1-4H3. The van der Waals surface area contributed by atoms with Gasteiger partial charge in [-0.2, -0.15) is 0 Å². The maximum Gasteiger partial charge on any atom is 0.305 e. The normalized spacial score (nSPS) is 12.0. The molecule has 0 radical (unpaired) electrons. The molecule has 0 saturated heterocycles. The first kappa shape index (κ1) is 14.2. The van der Waals surface area contributed by atoms with Gasteiger partial charge in [0.05, 0.1) is 7.11 Å². The Labute approximate surface area is 93.7 Å². The van der Waals surface area contributed by atoms with Gasteiger partial charge < -0.3 is 4.74 Å². The quantitative estimate of drug-likeness (QED) is 0.475. The number of carbonyl (C=O) groups excluding carboxylic acids is 1. The minimum Gasteiger partial charge on any atom is -0.469 e. The number of rotatable bonds is 7. The number of carbonyl (C=O) groups is 1. The molecule has 2 nitrogen and oxygen atoms in total. The van der Waals surface area contributed by atoms with Crippen LogP contribution in [0.15, 0.2) is 11.6 Å². The Balaban J connectivity index is 3.45. The summed E-state index contributed by atoms with van der Waals surface area (Å²) in [5, 5.41) is 0. The van der Waals surface area contributed by atoms with Gasteiger partial charge in [0.25, 0.3) is 0 Å². The Bertz CT molecular complexity index is 203. The number of hydrogen-bond donors (Lipinski definition) is 0. The summed E-state index contributed by atoms with van der Waals surface area (Å²) < 4.78 is 4.60. The summed E-state index contributed by atoms with van der Waals surface area (Å²) in [5.41, 5.74) is 1.39. The molecule has 0 aromatic rings. The molecule has 0 saturated carbocycles. The van der Waals surface area contributed by atoms with Crippen molar-refractivity contribution in [2.45, 2.75) is 52.9 Å². The molecular weight excluding hydrogens is 188 g/mol. The van der Waals surface area contributed by atoms with Gasteiger partial charge >= 0.3 is 5.97 Å². The van der Waals surface area contributed by atoms with Gasteiger partial charge in [-0.15, -0.1) is 0 Å². The second-order valence-corrected chi connectivity index (χ2v) is 4.43. The minimum atomic E-state index is -0.0912. The summed E-state index contributed by atoms with van der Waals surface area (Å²) >= 11 is 0. The van der Waals surface area contributed by atoms with E-state index in [0.29, 0.717) is 12.3 Å². The van der Waals surface area contributed by atoms with Gasteiger partial charge in [0.15, 0.2) is 0 Å². The summed E-state index contributed by atoms with van der Waals surface area (Å²) in [5.74, 6) is 0.608. The van der Waals surface area contributed by atoms with Gasteiger partial charge in [0.1, 0.15) is 0 Å². The molecule has 88 valence electrons. The van der Waals surface area contributed by atoms with Crippen molar-refractivity contribution < 1.29 is 9.53 Å². The fourth-order valence-electron chi connectivity index (χ4n) is 1.50. The van der Waals surface area contributed by atoms with Crippen LogP contribution in [0.4, 0.5) is 0 Å². The molecule has 0 N–H and O–H groups in total. The predicted molar refractivity (Wildman–Crippen MR) is 63.7 cm³/mol. The lowest BCUT2D eigenvalue weighted by atomic mass is 9.98. The van der Waals surface area contributed by atoms with Crippen molar-refractivity contribution in [1.29, 1.82) is 0 Å². The van der Waals surface area contributed by atoms with Crippen LogP contribution in [-0.4, -0.2) is 13.1 Å².